The topological polar surface area (TPSA) is 79.2 Å². The fourth-order valence-corrected chi connectivity index (χ4v) is 1.13. The monoisotopic (exact) mass is 244 g/mol. The van der Waals surface area contributed by atoms with Crippen molar-refractivity contribution in [2.45, 2.75) is 0 Å². The van der Waals surface area contributed by atoms with Gasteiger partial charge in [0.05, 0.1) is 10.6 Å². The van der Waals surface area contributed by atoms with Crippen molar-refractivity contribution in [3.05, 3.63) is 34.9 Å². The van der Waals surface area contributed by atoms with Crippen molar-refractivity contribution < 1.29 is 4.79 Å². The molecule has 0 aromatic heterocycles. The highest BCUT2D eigenvalue weighted by atomic mass is 35.5. The van der Waals surface area contributed by atoms with Gasteiger partial charge in [-0.25, -0.2) is 5.84 Å². The number of thiocarbonyl (C=S) groups is 1. The van der Waals surface area contributed by atoms with E-state index in [9.17, 15) is 4.79 Å². The molecule has 1 aromatic carbocycles. The van der Waals surface area contributed by atoms with Crippen molar-refractivity contribution in [1.82, 2.24) is 16.3 Å². The van der Waals surface area contributed by atoms with Crippen LogP contribution in [0.15, 0.2) is 24.3 Å². The van der Waals surface area contributed by atoms with Crippen LogP contribution in [0.5, 0.6) is 0 Å². The first-order valence-electron chi connectivity index (χ1n) is 3.96. The van der Waals surface area contributed by atoms with Gasteiger partial charge in [0.25, 0.3) is 5.91 Å². The Morgan fingerprint density at radius 3 is 2.60 bits per heavy atom. The molecule has 0 atom stereocenters. The van der Waals surface area contributed by atoms with Crippen LogP contribution in [0.2, 0.25) is 5.02 Å². The number of carbonyl (C=O) groups is 1. The van der Waals surface area contributed by atoms with E-state index in [2.05, 4.69) is 28.5 Å². The lowest BCUT2D eigenvalue weighted by atomic mass is 10.2. The molecule has 0 aliphatic rings. The predicted molar refractivity (Wildman–Crippen MR) is 62.0 cm³/mol. The Bertz CT molecular complexity index is 385. The lowest BCUT2D eigenvalue weighted by Gasteiger charge is -2.09. The summed E-state index contributed by atoms with van der Waals surface area (Å²) in [4.78, 5) is 11.5. The van der Waals surface area contributed by atoms with Crippen LogP contribution < -0.4 is 22.1 Å². The summed E-state index contributed by atoms with van der Waals surface area (Å²) in [5, 5.41) is 0.471. The first-order valence-corrected chi connectivity index (χ1v) is 4.75. The van der Waals surface area contributed by atoms with Gasteiger partial charge in [-0.2, -0.15) is 0 Å². The molecule has 0 aliphatic carbocycles. The van der Waals surface area contributed by atoms with Crippen molar-refractivity contribution in [3.8, 4) is 0 Å². The highest BCUT2D eigenvalue weighted by Crippen LogP contribution is 2.13. The van der Waals surface area contributed by atoms with Gasteiger partial charge in [0.1, 0.15) is 0 Å². The van der Waals surface area contributed by atoms with Gasteiger partial charge < -0.3 is 0 Å². The molecule has 5 N–H and O–H groups in total. The lowest BCUT2D eigenvalue weighted by molar-refractivity contribution is 0.0944. The molecule has 15 heavy (non-hydrogen) atoms. The maximum atomic E-state index is 11.5. The second-order valence-electron chi connectivity index (χ2n) is 2.53. The number of rotatable bonds is 1. The molecule has 0 aliphatic heterocycles. The molecule has 0 unspecified atom stereocenters. The minimum atomic E-state index is -0.391. The number of nitrogens with one attached hydrogen (secondary N) is 3. The van der Waals surface area contributed by atoms with Crippen LogP contribution in [0.1, 0.15) is 10.4 Å². The predicted octanol–water partition coefficient (Wildman–Crippen LogP) is 0.323. The zero-order valence-corrected chi connectivity index (χ0v) is 9.15. The summed E-state index contributed by atoms with van der Waals surface area (Å²) in [5.74, 6) is 4.61. The third-order valence-electron chi connectivity index (χ3n) is 1.54. The SMILES string of the molecule is NNC(=S)NNC(=O)c1ccccc1Cl. The van der Waals surface area contributed by atoms with E-state index in [-0.39, 0.29) is 5.11 Å². The van der Waals surface area contributed by atoms with E-state index in [0.717, 1.165) is 0 Å². The quantitative estimate of drug-likeness (QED) is 0.325. The van der Waals surface area contributed by atoms with Gasteiger partial charge in [-0.1, -0.05) is 23.7 Å². The molecule has 0 heterocycles. The van der Waals surface area contributed by atoms with Gasteiger partial charge in [-0.3, -0.25) is 21.1 Å². The Morgan fingerprint density at radius 2 is 2.00 bits per heavy atom. The minimum absolute atomic E-state index is 0.107. The Kier molecular flexibility index (Phi) is 4.29. The van der Waals surface area contributed by atoms with E-state index in [1.165, 1.54) is 0 Å². The molecule has 1 amide bonds. The van der Waals surface area contributed by atoms with E-state index in [1.54, 1.807) is 24.3 Å². The molecular weight excluding hydrogens is 236 g/mol. The molecule has 0 spiro atoms. The average molecular weight is 245 g/mol. The van der Waals surface area contributed by atoms with E-state index < -0.39 is 5.91 Å². The fourth-order valence-electron chi connectivity index (χ4n) is 0.862. The van der Waals surface area contributed by atoms with Gasteiger partial charge in [0.15, 0.2) is 5.11 Å². The van der Waals surface area contributed by atoms with Crippen molar-refractivity contribution in [1.29, 1.82) is 0 Å². The number of benzene rings is 1. The molecule has 1 aromatic rings. The number of hydrazine groups is 2. The first-order chi connectivity index (χ1) is 7.15. The molecule has 80 valence electrons. The summed E-state index contributed by atoms with van der Waals surface area (Å²) >= 11 is 10.5. The third-order valence-corrected chi connectivity index (χ3v) is 2.09. The molecule has 0 saturated heterocycles. The van der Waals surface area contributed by atoms with Crippen LogP contribution in [0.3, 0.4) is 0 Å². The first kappa shape index (κ1) is 11.7. The highest BCUT2D eigenvalue weighted by molar-refractivity contribution is 7.80. The number of carbonyl (C=O) groups excluding carboxylic acids is 1. The van der Waals surface area contributed by atoms with Crippen LogP contribution in [-0.4, -0.2) is 11.0 Å². The van der Waals surface area contributed by atoms with Crippen LogP contribution in [0.25, 0.3) is 0 Å². The van der Waals surface area contributed by atoms with Crippen molar-refractivity contribution in [2.24, 2.45) is 5.84 Å². The van der Waals surface area contributed by atoms with Crippen molar-refractivity contribution >= 4 is 34.8 Å². The number of hydrogen-bond acceptors (Lipinski definition) is 3. The summed E-state index contributed by atoms with van der Waals surface area (Å²) in [7, 11) is 0. The largest absolute Gasteiger partial charge is 0.300 e. The van der Waals surface area contributed by atoms with Gasteiger partial charge >= 0.3 is 0 Å². The average Bonchev–Trinajstić information content (AvgIpc) is 2.26. The van der Waals surface area contributed by atoms with Gasteiger partial charge in [0.2, 0.25) is 0 Å². The minimum Gasteiger partial charge on any atom is -0.300 e. The summed E-state index contributed by atoms with van der Waals surface area (Å²) < 4.78 is 0. The number of nitrogens with two attached hydrogens (primary N) is 1. The van der Waals surface area contributed by atoms with Gasteiger partial charge in [-0.15, -0.1) is 0 Å². The Morgan fingerprint density at radius 1 is 1.33 bits per heavy atom. The summed E-state index contributed by atoms with van der Waals surface area (Å²) in [6.45, 7) is 0. The molecule has 7 heteroatoms. The number of amides is 1. The highest BCUT2D eigenvalue weighted by Gasteiger charge is 2.08. The number of hydrogen-bond donors (Lipinski definition) is 4. The van der Waals surface area contributed by atoms with E-state index in [0.29, 0.717) is 10.6 Å². The zero-order valence-electron chi connectivity index (χ0n) is 7.58. The zero-order chi connectivity index (χ0) is 11.3. The third kappa shape index (κ3) is 3.35. The molecule has 0 bridgehead atoms. The molecule has 1 rings (SSSR count). The van der Waals surface area contributed by atoms with E-state index in [4.69, 9.17) is 17.4 Å². The smallest absolute Gasteiger partial charge is 0.271 e. The molecule has 0 radical (unpaired) electrons. The van der Waals surface area contributed by atoms with Gasteiger partial charge in [0, 0.05) is 0 Å². The van der Waals surface area contributed by atoms with Crippen molar-refractivity contribution in [3.63, 3.8) is 0 Å². The standard InChI is InChI=1S/C8H9ClN4OS/c9-6-4-2-1-3-5(6)7(14)12-13-8(15)11-10/h1-4H,10H2,(H,12,14)(H2,11,13,15). The van der Waals surface area contributed by atoms with Crippen molar-refractivity contribution in [2.75, 3.05) is 0 Å². The Balaban J connectivity index is 2.62. The Labute approximate surface area is 96.9 Å². The summed E-state index contributed by atoms with van der Waals surface area (Å²) in [6, 6.07) is 6.66. The fraction of sp³-hybridized carbons (Fsp3) is 0. The van der Waals surface area contributed by atoms with Crippen LogP contribution >= 0.6 is 23.8 Å². The van der Waals surface area contributed by atoms with Crippen LogP contribution in [-0.2, 0) is 0 Å². The second-order valence-corrected chi connectivity index (χ2v) is 3.35. The van der Waals surface area contributed by atoms with Gasteiger partial charge in [-0.05, 0) is 24.4 Å². The van der Waals surface area contributed by atoms with Crippen LogP contribution in [0, 0.1) is 0 Å². The molecule has 0 saturated carbocycles. The Hall–Kier alpha value is -1.37. The molecular formula is C8H9ClN4OS. The normalized spacial score (nSPS) is 9.20. The lowest BCUT2D eigenvalue weighted by Crippen LogP contribution is -2.48. The number of halogens is 1. The summed E-state index contributed by atoms with van der Waals surface area (Å²) in [6.07, 6.45) is 0. The maximum Gasteiger partial charge on any atom is 0.271 e. The van der Waals surface area contributed by atoms with Crippen LogP contribution in [0.4, 0.5) is 0 Å². The maximum absolute atomic E-state index is 11.5. The van der Waals surface area contributed by atoms with E-state index >= 15 is 0 Å². The summed E-state index contributed by atoms with van der Waals surface area (Å²) in [5.41, 5.74) is 7.24. The second kappa shape index (κ2) is 5.50. The molecule has 5 nitrogen and oxygen atoms in total. The van der Waals surface area contributed by atoms with E-state index in [1.807, 2.05) is 0 Å². The molecule has 0 fully saturated rings.